The van der Waals surface area contributed by atoms with E-state index in [1.165, 1.54) is 10.9 Å². The summed E-state index contributed by atoms with van der Waals surface area (Å²) in [6, 6.07) is 0. The zero-order valence-electron chi connectivity index (χ0n) is 10.2. The molecule has 1 aliphatic rings. The standard InChI is InChI=1S/C10H14N4O4/c1-10(2,17)7-5-13(12-11-7)6-8(15)14-3-4-18-9(14)16/h5,17H,3-4,6H2,1-2H3. The second kappa shape index (κ2) is 4.37. The predicted octanol–water partition coefficient (Wildman–Crippen LogP) is -0.516. The first-order valence-electron chi connectivity index (χ1n) is 5.48. The van der Waals surface area contributed by atoms with Crippen molar-refractivity contribution < 1.29 is 19.4 Å². The summed E-state index contributed by atoms with van der Waals surface area (Å²) in [5.41, 5.74) is -0.757. The molecule has 1 fully saturated rings. The number of cyclic esters (lactones) is 1. The van der Waals surface area contributed by atoms with Crippen molar-refractivity contribution in [3.05, 3.63) is 11.9 Å². The molecule has 0 spiro atoms. The molecule has 1 aromatic heterocycles. The summed E-state index contributed by atoms with van der Waals surface area (Å²) in [6.45, 7) is 3.50. The average molecular weight is 254 g/mol. The molecule has 2 amide bonds. The van der Waals surface area contributed by atoms with E-state index in [0.29, 0.717) is 5.69 Å². The van der Waals surface area contributed by atoms with Crippen molar-refractivity contribution in [2.24, 2.45) is 0 Å². The van der Waals surface area contributed by atoms with Crippen LogP contribution in [0.3, 0.4) is 0 Å². The summed E-state index contributed by atoms with van der Waals surface area (Å²) in [7, 11) is 0. The summed E-state index contributed by atoms with van der Waals surface area (Å²) in [6.07, 6.45) is 0.835. The lowest BCUT2D eigenvalue weighted by molar-refractivity contribution is -0.128. The molecule has 2 rings (SSSR count). The van der Waals surface area contributed by atoms with Crippen LogP contribution >= 0.6 is 0 Å². The van der Waals surface area contributed by atoms with Crippen LogP contribution in [0.5, 0.6) is 0 Å². The van der Waals surface area contributed by atoms with Crippen molar-refractivity contribution in [2.75, 3.05) is 13.2 Å². The van der Waals surface area contributed by atoms with Gasteiger partial charge in [0.2, 0.25) is 0 Å². The molecule has 0 bridgehead atoms. The van der Waals surface area contributed by atoms with Crippen LogP contribution in [0, 0.1) is 0 Å². The van der Waals surface area contributed by atoms with Gasteiger partial charge in [-0.2, -0.15) is 0 Å². The second-order valence-corrected chi connectivity index (χ2v) is 4.52. The number of rotatable bonds is 3. The lowest BCUT2D eigenvalue weighted by Crippen LogP contribution is -2.34. The van der Waals surface area contributed by atoms with Crippen molar-refractivity contribution in [3.8, 4) is 0 Å². The number of hydrogen-bond donors (Lipinski definition) is 1. The maximum absolute atomic E-state index is 11.8. The number of amides is 2. The molecule has 0 radical (unpaired) electrons. The summed E-state index contributed by atoms with van der Waals surface area (Å²) in [5, 5.41) is 17.2. The summed E-state index contributed by atoms with van der Waals surface area (Å²) < 4.78 is 5.94. The van der Waals surface area contributed by atoms with E-state index in [4.69, 9.17) is 0 Å². The third kappa shape index (κ3) is 2.48. The highest BCUT2D eigenvalue weighted by molar-refractivity contribution is 5.92. The predicted molar refractivity (Wildman–Crippen MR) is 58.3 cm³/mol. The number of carbonyl (C=O) groups is 2. The quantitative estimate of drug-likeness (QED) is 0.779. The second-order valence-electron chi connectivity index (χ2n) is 4.52. The minimum atomic E-state index is -1.12. The van der Waals surface area contributed by atoms with Crippen LogP contribution in [-0.2, 0) is 21.7 Å². The van der Waals surface area contributed by atoms with Crippen LogP contribution in [0.15, 0.2) is 6.20 Å². The van der Waals surface area contributed by atoms with Gasteiger partial charge in [0.15, 0.2) is 0 Å². The average Bonchev–Trinajstić information content (AvgIpc) is 2.85. The van der Waals surface area contributed by atoms with Crippen LogP contribution in [0.25, 0.3) is 0 Å². The molecule has 0 aromatic carbocycles. The molecule has 2 heterocycles. The van der Waals surface area contributed by atoms with E-state index in [0.717, 1.165) is 4.90 Å². The largest absolute Gasteiger partial charge is 0.447 e. The maximum atomic E-state index is 11.8. The van der Waals surface area contributed by atoms with E-state index >= 15 is 0 Å². The van der Waals surface area contributed by atoms with Crippen molar-refractivity contribution in [2.45, 2.75) is 26.0 Å². The first-order valence-corrected chi connectivity index (χ1v) is 5.48. The number of ether oxygens (including phenoxy) is 1. The first-order chi connectivity index (χ1) is 8.38. The van der Waals surface area contributed by atoms with Crippen LogP contribution in [0.4, 0.5) is 4.79 Å². The highest BCUT2D eigenvalue weighted by atomic mass is 16.6. The molecule has 8 heteroatoms. The minimum Gasteiger partial charge on any atom is -0.447 e. The molecule has 8 nitrogen and oxygen atoms in total. The maximum Gasteiger partial charge on any atom is 0.416 e. The smallest absolute Gasteiger partial charge is 0.416 e. The van der Waals surface area contributed by atoms with Gasteiger partial charge >= 0.3 is 6.09 Å². The van der Waals surface area contributed by atoms with E-state index < -0.39 is 17.6 Å². The first kappa shape index (κ1) is 12.5. The van der Waals surface area contributed by atoms with E-state index in [2.05, 4.69) is 15.0 Å². The van der Waals surface area contributed by atoms with Gasteiger partial charge < -0.3 is 9.84 Å². The fourth-order valence-corrected chi connectivity index (χ4v) is 1.50. The Hall–Kier alpha value is -1.96. The van der Waals surface area contributed by atoms with E-state index in [1.807, 2.05) is 0 Å². The Kier molecular flexibility index (Phi) is 3.04. The molecule has 1 N–H and O–H groups in total. The van der Waals surface area contributed by atoms with Crippen molar-refractivity contribution in [3.63, 3.8) is 0 Å². The zero-order chi connectivity index (χ0) is 13.3. The van der Waals surface area contributed by atoms with Gasteiger partial charge in [-0.05, 0) is 13.8 Å². The van der Waals surface area contributed by atoms with Gasteiger partial charge in [-0.3, -0.25) is 4.79 Å². The third-order valence-corrected chi connectivity index (χ3v) is 2.52. The van der Waals surface area contributed by atoms with Gasteiger partial charge in [0.25, 0.3) is 5.91 Å². The summed E-state index contributed by atoms with van der Waals surface area (Å²) in [4.78, 5) is 23.9. The Morgan fingerprint density at radius 3 is 2.83 bits per heavy atom. The molecule has 18 heavy (non-hydrogen) atoms. The van der Waals surface area contributed by atoms with Crippen LogP contribution in [0.2, 0.25) is 0 Å². The minimum absolute atomic E-state index is 0.113. The van der Waals surface area contributed by atoms with Gasteiger partial charge in [0, 0.05) is 0 Å². The summed E-state index contributed by atoms with van der Waals surface area (Å²) >= 11 is 0. The van der Waals surface area contributed by atoms with E-state index in [9.17, 15) is 14.7 Å². The van der Waals surface area contributed by atoms with Gasteiger partial charge in [-0.1, -0.05) is 5.21 Å². The van der Waals surface area contributed by atoms with Gasteiger partial charge in [0.05, 0.1) is 12.7 Å². The van der Waals surface area contributed by atoms with Gasteiger partial charge in [0.1, 0.15) is 24.4 Å². The Labute approximate surface area is 103 Å². The molecule has 98 valence electrons. The fraction of sp³-hybridized carbons (Fsp3) is 0.600. The van der Waals surface area contributed by atoms with Crippen molar-refractivity contribution >= 4 is 12.0 Å². The normalized spacial score (nSPS) is 15.9. The molecule has 0 saturated carbocycles. The van der Waals surface area contributed by atoms with Crippen molar-refractivity contribution in [1.82, 2.24) is 19.9 Å². The topological polar surface area (TPSA) is 97.6 Å². The number of imide groups is 1. The number of aliphatic hydroxyl groups is 1. The number of aromatic nitrogens is 3. The van der Waals surface area contributed by atoms with E-state index in [-0.39, 0.29) is 19.7 Å². The van der Waals surface area contributed by atoms with Gasteiger partial charge in [-0.15, -0.1) is 5.10 Å². The number of carbonyl (C=O) groups excluding carboxylic acids is 2. The zero-order valence-corrected chi connectivity index (χ0v) is 10.2. The molecule has 1 aliphatic heterocycles. The highest BCUT2D eigenvalue weighted by Gasteiger charge is 2.29. The lowest BCUT2D eigenvalue weighted by atomic mass is 10.1. The molecule has 0 aliphatic carbocycles. The fourth-order valence-electron chi connectivity index (χ4n) is 1.50. The SMILES string of the molecule is CC(C)(O)c1cn(CC(=O)N2CCOC2=O)nn1. The Balaban J connectivity index is 2.03. The monoisotopic (exact) mass is 254 g/mol. The number of nitrogens with zero attached hydrogens (tertiary/aromatic N) is 4. The molecule has 0 atom stereocenters. The van der Waals surface area contributed by atoms with Crippen LogP contribution in [-0.4, -0.2) is 50.2 Å². The molecular weight excluding hydrogens is 240 g/mol. The Morgan fingerprint density at radius 2 is 2.33 bits per heavy atom. The van der Waals surface area contributed by atoms with Gasteiger partial charge in [-0.25, -0.2) is 14.4 Å². The van der Waals surface area contributed by atoms with Crippen molar-refractivity contribution in [1.29, 1.82) is 0 Å². The molecule has 0 unspecified atom stereocenters. The Morgan fingerprint density at radius 1 is 1.61 bits per heavy atom. The number of hydrogen-bond acceptors (Lipinski definition) is 6. The van der Waals surface area contributed by atoms with Crippen LogP contribution in [0.1, 0.15) is 19.5 Å². The third-order valence-electron chi connectivity index (χ3n) is 2.52. The lowest BCUT2D eigenvalue weighted by Gasteiger charge is -2.12. The Bertz CT molecular complexity index is 476. The van der Waals surface area contributed by atoms with Crippen LogP contribution < -0.4 is 0 Å². The highest BCUT2D eigenvalue weighted by Crippen LogP contribution is 2.15. The molecule has 1 saturated heterocycles. The molecular formula is C10H14N4O4. The summed E-state index contributed by atoms with van der Waals surface area (Å²) in [5.74, 6) is -0.412. The molecule has 1 aromatic rings. The van der Waals surface area contributed by atoms with E-state index in [1.54, 1.807) is 13.8 Å².